The van der Waals surface area contributed by atoms with E-state index in [0.29, 0.717) is 27.3 Å². The van der Waals surface area contributed by atoms with Crippen LogP contribution in [0.1, 0.15) is 32.0 Å². The molecule has 0 atom stereocenters. The molecule has 3 heterocycles. The fourth-order valence-electron chi connectivity index (χ4n) is 4.99. The first kappa shape index (κ1) is 26.4. The lowest BCUT2D eigenvalue weighted by Gasteiger charge is -2.12. The molecule has 12 heteroatoms. The quantitative estimate of drug-likeness (QED) is 0.226. The Kier molecular flexibility index (Phi) is 6.49. The van der Waals surface area contributed by atoms with Crippen molar-refractivity contribution in [3.63, 3.8) is 0 Å². The lowest BCUT2D eigenvalue weighted by atomic mass is 9.99. The number of carboxylic acids is 1. The number of benzene rings is 3. The Labute approximate surface area is 240 Å². The lowest BCUT2D eigenvalue weighted by molar-refractivity contribution is 0.0691. The molecule has 4 N–H and O–H groups in total. The summed E-state index contributed by atoms with van der Waals surface area (Å²) in [7, 11) is 1.76. The van der Waals surface area contributed by atoms with E-state index in [0.717, 1.165) is 10.1 Å². The van der Waals surface area contributed by atoms with E-state index in [4.69, 9.17) is 0 Å². The van der Waals surface area contributed by atoms with Crippen molar-refractivity contribution in [3.05, 3.63) is 99.6 Å². The highest BCUT2D eigenvalue weighted by molar-refractivity contribution is 7.22. The van der Waals surface area contributed by atoms with Crippen LogP contribution in [0.5, 0.6) is 5.75 Å². The van der Waals surface area contributed by atoms with E-state index in [-0.39, 0.29) is 39.9 Å². The Morgan fingerprint density at radius 3 is 2.60 bits per heavy atom. The maximum Gasteiger partial charge on any atom is 0.336 e. The summed E-state index contributed by atoms with van der Waals surface area (Å²) < 4.78 is 2.59. The van der Waals surface area contributed by atoms with Crippen LogP contribution in [0, 0.1) is 11.3 Å². The van der Waals surface area contributed by atoms with Gasteiger partial charge in [0.2, 0.25) is 0 Å². The summed E-state index contributed by atoms with van der Waals surface area (Å²) in [6.45, 7) is -0.169. The SMILES string of the molecule is Cn1ncc(-c2cc(O)c3c(=O)[nH]nc(CNC(=O)c4ccccc4C(=O)O)c3c2)c1-c1sc2ccccc2c1C#N. The van der Waals surface area contributed by atoms with E-state index in [9.17, 15) is 29.9 Å². The van der Waals surface area contributed by atoms with Crippen molar-refractivity contribution in [3.8, 4) is 33.5 Å². The third kappa shape index (κ3) is 4.34. The largest absolute Gasteiger partial charge is 0.507 e. The molecule has 0 aliphatic rings. The van der Waals surface area contributed by atoms with E-state index in [1.54, 1.807) is 30.1 Å². The molecule has 0 saturated carbocycles. The van der Waals surface area contributed by atoms with E-state index in [1.807, 2.05) is 24.3 Å². The number of amides is 1. The molecular weight excluding hydrogens is 556 g/mol. The van der Waals surface area contributed by atoms with Gasteiger partial charge in [-0.25, -0.2) is 9.89 Å². The number of H-pyrrole nitrogens is 1. The van der Waals surface area contributed by atoms with Crippen LogP contribution in [-0.2, 0) is 13.6 Å². The van der Waals surface area contributed by atoms with Crippen molar-refractivity contribution < 1.29 is 19.8 Å². The summed E-state index contributed by atoms with van der Waals surface area (Å²) in [4.78, 5) is 37.8. The number of aromatic hydroxyl groups is 1. The van der Waals surface area contributed by atoms with Gasteiger partial charge in [-0.2, -0.15) is 15.5 Å². The summed E-state index contributed by atoms with van der Waals surface area (Å²) in [5.74, 6) is -2.19. The number of rotatable bonds is 6. The van der Waals surface area contributed by atoms with Gasteiger partial charge in [-0.1, -0.05) is 30.3 Å². The summed E-state index contributed by atoms with van der Waals surface area (Å²) in [6, 6.07) is 18.8. The topological polar surface area (TPSA) is 174 Å². The van der Waals surface area contributed by atoms with Gasteiger partial charge in [0, 0.05) is 28.1 Å². The molecule has 6 aromatic rings. The van der Waals surface area contributed by atoms with Gasteiger partial charge in [-0.05, 0) is 35.9 Å². The zero-order valence-corrected chi connectivity index (χ0v) is 22.7. The maximum atomic E-state index is 12.9. The number of hydrogen-bond donors (Lipinski definition) is 4. The molecule has 0 aliphatic heterocycles. The second-order valence-corrected chi connectivity index (χ2v) is 10.4. The molecule has 0 bridgehead atoms. The molecule has 3 aromatic carbocycles. The fraction of sp³-hybridized carbons (Fsp3) is 0.0667. The standard InChI is InChI=1S/C30H20N6O5S/c1-36-26(27-20(12-31)16-6-4-5-9-24(16)42-27)21(13-33-36)15-10-19-22(34-35-29(39)25(19)23(37)11-15)14-32-28(38)17-7-2-3-8-18(17)30(40)41/h2-11,13,37H,14H2,1H3,(H,32,38)(H,35,39)(H,40,41). The van der Waals surface area contributed by atoms with Gasteiger partial charge in [-0.15, -0.1) is 11.3 Å². The number of aromatic amines is 1. The number of hydrogen-bond acceptors (Lipinski definition) is 8. The average molecular weight is 577 g/mol. The number of fused-ring (bicyclic) bond motifs is 2. The maximum absolute atomic E-state index is 12.9. The average Bonchev–Trinajstić information content (AvgIpc) is 3.55. The summed E-state index contributed by atoms with van der Waals surface area (Å²) in [6.07, 6.45) is 1.62. The van der Waals surface area contributed by atoms with Crippen LogP contribution in [0.4, 0.5) is 0 Å². The normalized spacial score (nSPS) is 11.0. The second-order valence-electron chi connectivity index (χ2n) is 9.40. The number of carbonyl (C=O) groups is 2. The van der Waals surface area contributed by atoms with Gasteiger partial charge in [0.1, 0.15) is 11.8 Å². The first-order valence-corrected chi connectivity index (χ1v) is 13.4. The minimum Gasteiger partial charge on any atom is -0.507 e. The van der Waals surface area contributed by atoms with Crippen LogP contribution in [0.15, 0.2) is 71.7 Å². The molecule has 42 heavy (non-hydrogen) atoms. The Morgan fingerprint density at radius 2 is 1.83 bits per heavy atom. The summed E-state index contributed by atoms with van der Waals surface area (Å²) in [5, 5.41) is 45.1. The van der Waals surface area contributed by atoms with Gasteiger partial charge in [0.15, 0.2) is 0 Å². The van der Waals surface area contributed by atoms with Crippen molar-refractivity contribution in [2.45, 2.75) is 6.54 Å². The van der Waals surface area contributed by atoms with E-state index in [1.165, 1.54) is 35.6 Å². The molecule has 0 aliphatic carbocycles. The number of nitrogens with zero attached hydrogens (tertiary/aromatic N) is 4. The van der Waals surface area contributed by atoms with Crippen molar-refractivity contribution >= 4 is 44.1 Å². The van der Waals surface area contributed by atoms with Gasteiger partial charge >= 0.3 is 5.97 Å². The number of aromatic carboxylic acids is 1. The molecule has 0 spiro atoms. The number of phenols is 1. The highest BCUT2D eigenvalue weighted by Crippen LogP contribution is 2.43. The third-order valence-electron chi connectivity index (χ3n) is 6.94. The van der Waals surface area contributed by atoms with Crippen LogP contribution in [0.25, 0.3) is 42.6 Å². The Balaban J connectivity index is 1.45. The first-order chi connectivity index (χ1) is 20.3. The minimum atomic E-state index is -1.24. The number of carboxylic acid groups (broad SMARTS) is 1. The number of nitrogens with one attached hydrogen (secondary N) is 2. The molecule has 0 radical (unpaired) electrons. The number of phenolic OH excluding ortho intramolecular Hbond substituents is 1. The zero-order valence-electron chi connectivity index (χ0n) is 21.9. The van der Waals surface area contributed by atoms with Crippen LogP contribution in [-0.4, -0.2) is 42.1 Å². The van der Waals surface area contributed by atoms with Crippen LogP contribution in [0.3, 0.4) is 0 Å². The molecule has 3 aromatic heterocycles. The summed E-state index contributed by atoms with van der Waals surface area (Å²) >= 11 is 1.45. The third-order valence-corrected chi connectivity index (χ3v) is 8.12. The molecule has 0 unspecified atom stereocenters. The highest BCUT2D eigenvalue weighted by Gasteiger charge is 2.23. The smallest absolute Gasteiger partial charge is 0.336 e. The number of thiophene rings is 1. The van der Waals surface area contributed by atoms with Gasteiger partial charge < -0.3 is 15.5 Å². The van der Waals surface area contributed by atoms with Crippen LogP contribution in [0.2, 0.25) is 0 Å². The summed E-state index contributed by atoms with van der Waals surface area (Å²) in [5.41, 5.74) is 1.73. The van der Waals surface area contributed by atoms with E-state index >= 15 is 0 Å². The monoisotopic (exact) mass is 576 g/mol. The second kappa shape index (κ2) is 10.3. The molecule has 11 nitrogen and oxygen atoms in total. The molecule has 1 amide bonds. The lowest BCUT2D eigenvalue weighted by Crippen LogP contribution is -2.26. The molecule has 6 rings (SSSR count). The van der Waals surface area contributed by atoms with Crippen molar-refractivity contribution in [1.29, 1.82) is 5.26 Å². The van der Waals surface area contributed by atoms with Crippen molar-refractivity contribution in [1.82, 2.24) is 25.3 Å². The highest BCUT2D eigenvalue weighted by atomic mass is 32.1. The molecular formula is C30H20N6O5S. The molecule has 206 valence electrons. The molecule has 0 fully saturated rings. The van der Waals surface area contributed by atoms with Gasteiger partial charge in [0.25, 0.3) is 11.5 Å². The van der Waals surface area contributed by atoms with Gasteiger partial charge in [-0.3, -0.25) is 14.3 Å². The Morgan fingerprint density at radius 1 is 1.10 bits per heavy atom. The minimum absolute atomic E-state index is 0.0195. The first-order valence-electron chi connectivity index (χ1n) is 12.6. The number of carbonyl (C=O) groups excluding carboxylic acids is 1. The zero-order chi connectivity index (χ0) is 29.5. The number of nitriles is 1. The van der Waals surface area contributed by atoms with Crippen molar-refractivity contribution in [2.75, 3.05) is 0 Å². The predicted octanol–water partition coefficient (Wildman–Crippen LogP) is 4.41. The predicted molar refractivity (Wildman–Crippen MR) is 156 cm³/mol. The van der Waals surface area contributed by atoms with E-state index in [2.05, 4.69) is 26.7 Å². The molecule has 0 saturated heterocycles. The van der Waals surface area contributed by atoms with Crippen LogP contribution < -0.4 is 10.9 Å². The Bertz CT molecular complexity index is 2170. The number of aromatic nitrogens is 4. The van der Waals surface area contributed by atoms with Crippen molar-refractivity contribution in [2.24, 2.45) is 7.05 Å². The van der Waals surface area contributed by atoms with Crippen LogP contribution >= 0.6 is 11.3 Å². The number of aryl methyl sites for hydroxylation is 1. The van der Waals surface area contributed by atoms with E-state index < -0.39 is 17.4 Å². The Hall–Kier alpha value is -5.80. The van der Waals surface area contributed by atoms with Gasteiger partial charge in [0.05, 0.1) is 51.1 Å². The fourth-order valence-corrected chi connectivity index (χ4v) is 6.23.